The Morgan fingerprint density at radius 3 is 2.27 bits per heavy atom. The van der Waals surface area contributed by atoms with Crippen molar-refractivity contribution in [2.75, 3.05) is 13.1 Å². The normalized spacial score (nSPS) is 25.3. The van der Waals surface area contributed by atoms with Gasteiger partial charge in [-0.1, -0.05) is 30.3 Å². The predicted octanol–water partition coefficient (Wildman–Crippen LogP) is 3.27. The molecular formula is C18H26N2O2. The van der Waals surface area contributed by atoms with Gasteiger partial charge in [-0.15, -0.1) is 0 Å². The molecule has 3 rings (SSSR count). The van der Waals surface area contributed by atoms with E-state index in [2.05, 4.69) is 35.2 Å². The van der Waals surface area contributed by atoms with Crippen molar-refractivity contribution < 1.29 is 9.53 Å². The van der Waals surface area contributed by atoms with Gasteiger partial charge in [-0.25, -0.2) is 4.79 Å². The van der Waals surface area contributed by atoms with Crippen LogP contribution in [0.25, 0.3) is 0 Å². The zero-order valence-corrected chi connectivity index (χ0v) is 13.8. The molecule has 0 radical (unpaired) electrons. The van der Waals surface area contributed by atoms with Gasteiger partial charge in [0.05, 0.1) is 0 Å². The summed E-state index contributed by atoms with van der Waals surface area (Å²) in [5, 5.41) is 0. The van der Waals surface area contributed by atoms with Crippen LogP contribution in [0, 0.1) is 0 Å². The Balaban J connectivity index is 1.63. The molecule has 0 aliphatic carbocycles. The largest absolute Gasteiger partial charge is 0.444 e. The number of carbonyl (C=O) groups is 1. The number of rotatable bonds is 2. The SMILES string of the molecule is CC(C)(C)OC(=O)N1C[C@H]2CC[C@H](C1)N2Cc1ccccc1. The molecule has 2 atom stereocenters. The van der Waals surface area contributed by atoms with Gasteiger partial charge in [-0.3, -0.25) is 4.90 Å². The van der Waals surface area contributed by atoms with Gasteiger partial charge in [-0.05, 0) is 39.2 Å². The van der Waals surface area contributed by atoms with Crippen LogP contribution in [-0.4, -0.2) is 46.7 Å². The van der Waals surface area contributed by atoms with Gasteiger partial charge >= 0.3 is 6.09 Å². The maximum absolute atomic E-state index is 12.3. The molecule has 120 valence electrons. The molecule has 0 N–H and O–H groups in total. The van der Waals surface area contributed by atoms with Gasteiger partial charge in [0.25, 0.3) is 0 Å². The Bertz CT molecular complexity index is 510. The number of amides is 1. The lowest BCUT2D eigenvalue weighted by molar-refractivity contribution is -0.000115. The first-order chi connectivity index (χ1) is 10.4. The van der Waals surface area contributed by atoms with E-state index in [-0.39, 0.29) is 6.09 Å². The molecule has 1 amide bonds. The van der Waals surface area contributed by atoms with Gasteiger partial charge in [0.15, 0.2) is 0 Å². The molecule has 2 aliphatic heterocycles. The summed E-state index contributed by atoms with van der Waals surface area (Å²) >= 11 is 0. The molecule has 0 unspecified atom stereocenters. The summed E-state index contributed by atoms with van der Waals surface area (Å²) in [4.78, 5) is 16.7. The topological polar surface area (TPSA) is 32.8 Å². The van der Waals surface area contributed by atoms with Gasteiger partial charge in [0.1, 0.15) is 5.60 Å². The summed E-state index contributed by atoms with van der Waals surface area (Å²) in [6, 6.07) is 11.5. The molecule has 2 bridgehead atoms. The van der Waals surface area contributed by atoms with Crippen molar-refractivity contribution in [1.29, 1.82) is 0 Å². The predicted molar refractivity (Wildman–Crippen MR) is 86.6 cm³/mol. The van der Waals surface area contributed by atoms with Crippen LogP contribution in [-0.2, 0) is 11.3 Å². The minimum Gasteiger partial charge on any atom is -0.444 e. The highest BCUT2D eigenvalue weighted by Crippen LogP contribution is 2.32. The van der Waals surface area contributed by atoms with Crippen LogP contribution in [0.15, 0.2) is 30.3 Å². The Morgan fingerprint density at radius 2 is 1.73 bits per heavy atom. The Kier molecular flexibility index (Phi) is 4.13. The first-order valence-corrected chi connectivity index (χ1v) is 8.20. The average molecular weight is 302 g/mol. The number of hydrogen-bond acceptors (Lipinski definition) is 3. The molecule has 1 aromatic rings. The second-order valence-electron chi connectivity index (χ2n) is 7.43. The molecule has 0 saturated carbocycles. The third kappa shape index (κ3) is 3.43. The number of fused-ring (bicyclic) bond motifs is 2. The van der Waals surface area contributed by atoms with E-state index in [1.54, 1.807) is 0 Å². The fourth-order valence-corrected chi connectivity index (χ4v) is 3.52. The van der Waals surface area contributed by atoms with Crippen molar-refractivity contribution in [1.82, 2.24) is 9.80 Å². The number of piperazine rings is 1. The van der Waals surface area contributed by atoms with Crippen molar-refractivity contribution in [3.05, 3.63) is 35.9 Å². The Labute approximate surface area is 133 Å². The highest BCUT2D eigenvalue weighted by Gasteiger charge is 2.42. The molecule has 4 heteroatoms. The summed E-state index contributed by atoms with van der Waals surface area (Å²) in [6.07, 6.45) is 2.19. The lowest BCUT2D eigenvalue weighted by atomic mass is 10.1. The number of benzene rings is 1. The van der Waals surface area contributed by atoms with E-state index in [9.17, 15) is 4.79 Å². The first-order valence-electron chi connectivity index (χ1n) is 8.20. The maximum atomic E-state index is 12.3. The molecule has 2 aliphatic rings. The zero-order valence-electron chi connectivity index (χ0n) is 13.8. The molecule has 1 aromatic carbocycles. The summed E-state index contributed by atoms with van der Waals surface area (Å²) in [6.45, 7) is 8.33. The van der Waals surface area contributed by atoms with E-state index in [0.717, 1.165) is 19.6 Å². The van der Waals surface area contributed by atoms with Crippen molar-refractivity contribution in [3.63, 3.8) is 0 Å². The van der Waals surface area contributed by atoms with Crippen molar-refractivity contribution in [3.8, 4) is 0 Å². The standard InChI is InChI=1S/C18H26N2O2/c1-18(2,3)22-17(21)19-12-15-9-10-16(13-19)20(15)11-14-7-5-4-6-8-14/h4-8,15-16H,9-13H2,1-3H3/t15-,16-/m1/s1. The molecule has 0 aromatic heterocycles. The van der Waals surface area contributed by atoms with Crippen LogP contribution in [0.3, 0.4) is 0 Å². The molecule has 22 heavy (non-hydrogen) atoms. The second-order valence-corrected chi connectivity index (χ2v) is 7.43. The summed E-state index contributed by atoms with van der Waals surface area (Å²) in [5.41, 5.74) is 0.933. The molecule has 2 fully saturated rings. The van der Waals surface area contributed by atoms with Crippen molar-refractivity contribution in [2.45, 2.75) is 57.8 Å². The van der Waals surface area contributed by atoms with Crippen LogP contribution >= 0.6 is 0 Å². The lowest BCUT2D eigenvalue weighted by Crippen LogP contribution is -2.55. The Hall–Kier alpha value is -1.55. The first kappa shape index (κ1) is 15.3. The van der Waals surface area contributed by atoms with E-state index in [4.69, 9.17) is 4.74 Å². The summed E-state index contributed by atoms with van der Waals surface area (Å²) in [7, 11) is 0. The monoisotopic (exact) mass is 302 g/mol. The van der Waals surface area contributed by atoms with Crippen LogP contribution in [0.2, 0.25) is 0 Å². The number of likely N-dealkylation sites (tertiary alicyclic amines) is 1. The lowest BCUT2D eigenvalue weighted by Gasteiger charge is -2.41. The fraction of sp³-hybridized carbons (Fsp3) is 0.611. The van der Waals surface area contributed by atoms with E-state index < -0.39 is 5.60 Å². The summed E-state index contributed by atoms with van der Waals surface area (Å²) < 4.78 is 5.52. The second kappa shape index (κ2) is 5.92. The molecule has 2 heterocycles. The molecule has 4 nitrogen and oxygen atoms in total. The van der Waals surface area contributed by atoms with Gasteiger partial charge < -0.3 is 9.64 Å². The maximum Gasteiger partial charge on any atom is 0.410 e. The molecule has 0 spiro atoms. The van der Waals surface area contributed by atoms with Crippen molar-refractivity contribution in [2.24, 2.45) is 0 Å². The summed E-state index contributed by atoms with van der Waals surface area (Å²) in [5.74, 6) is 0. The highest BCUT2D eigenvalue weighted by molar-refractivity contribution is 5.68. The molecule has 2 saturated heterocycles. The smallest absolute Gasteiger partial charge is 0.410 e. The number of carbonyl (C=O) groups excluding carboxylic acids is 1. The number of nitrogens with zero attached hydrogens (tertiary/aromatic N) is 2. The minimum atomic E-state index is -0.419. The van der Waals surface area contributed by atoms with E-state index in [1.165, 1.54) is 18.4 Å². The van der Waals surface area contributed by atoms with Gasteiger partial charge in [0.2, 0.25) is 0 Å². The minimum absolute atomic E-state index is 0.163. The third-order valence-electron chi connectivity index (χ3n) is 4.49. The highest BCUT2D eigenvalue weighted by atomic mass is 16.6. The number of hydrogen-bond donors (Lipinski definition) is 0. The van der Waals surface area contributed by atoms with E-state index >= 15 is 0 Å². The Morgan fingerprint density at radius 1 is 1.14 bits per heavy atom. The average Bonchev–Trinajstić information content (AvgIpc) is 2.69. The molecular weight excluding hydrogens is 276 g/mol. The van der Waals surface area contributed by atoms with Crippen LogP contribution in [0.1, 0.15) is 39.2 Å². The zero-order chi connectivity index (χ0) is 15.7. The fourth-order valence-electron chi connectivity index (χ4n) is 3.52. The van der Waals surface area contributed by atoms with Crippen molar-refractivity contribution >= 4 is 6.09 Å². The quantitative estimate of drug-likeness (QED) is 0.840. The van der Waals surface area contributed by atoms with Crippen LogP contribution in [0.5, 0.6) is 0 Å². The van der Waals surface area contributed by atoms with Crippen LogP contribution < -0.4 is 0 Å². The van der Waals surface area contributed by atoms with E-state index in [0.29, 0.717) is 12.1 Å². The third-order valence-corrected chi connectivity index (χ3v) is 4.49. The van der Waals surface area contributed by atoms with Gasteiger partial charge in [0, 0.05) is 31.7 Å². The van der Waals surface area contributed by atoms with Crippen LogP contribution in [0.4, 0.5) is 4.79 Å². The van der Waals surface area contributed by atoms with Gasteiger partial charge in [-0.2, -0.15) is 0 Å². The number of ether oxygens (including phenoxy) is 1. The van der Waals surface area contributed by atoms with E-state index in [1.807, 2.05) is 25.7 Å².